The molecule has 2 N–H and O–H groups in total. The first-order valence-corrected chi connectivity index (χ1v) is 6.82. The molecule has 0 aliphatic carbocycles. The van der Waals surface area contributed by atoms with Gasteiger partial charge in [0, 0.05) is 11.6 Å². The molecule has 106 valence electrons. The third kappa shape index (κ3) is 3.50. The first kappa shape index (κ1) is 14.8. The predicted octanol–water partition coefficient (Wildman–Crippen LogP) is 4.47. The number of aryl methyl sites for hydroxylation is 1. The Morgan fingerprint density at radius 1 is 1.25 bits per heavy atom. The van der Waals surface area contributed by atoms with Gasteiger partial charge in [-0.15, -0.1) is 0 Å². The van der Waals surface area contributed by atoms with Crippen molar-refractivity contribution in [3.8, 4) is 11.5 Å². The van der Waals surface area contributed by atoms with Gasteiger partial charge in [0.05, 0.1) is 5.02 Å². The van der Waals surface area contributed by atoms with Crippen LogP contribution in [0.15, 0.2) is 36.4 Å². The van der Waals surface area contributed by atoms with E-state index in [1.165, 1.54) is 6.07 Å². The Morgan fingerprint density at radius 2 is 2.00 bits per heavy atom. The summed E-state index contributed by atoms with van der Waals surface area (Å²) in [6.07, 6.45) is 0.408. The summed E-state index contributed by atoms with van der Waals surface area (Å²) in [7, 11) is 0. The van der Waals surface area contributed by atoms with Crippen LogP contribution in [0.25, 0.3) is 0 Å². The first-order valence-electron chi connectivity index (χ1n) is 6.44. The highest BCUT2D eigenvalue weighted by Crippen LogP contribution is 2.33. The minimum absolute atomic E-state index is 0.150. The van der Waals surface area contributed by atoms with Gasteiger partial charge in [0.2, 0.25) is 0 Å². The maximum atomic E-state index is 13.9. The fourth-order valence-corrected chi connectivity index (χ4v) is 2.24. The molecule has 2 nitrogen and oxygen atoms in total. The van der Waals surface area contributed by atoms with Crippen molar-refractivity contribution in [2.45, 2.75) is 26.3 Å². The van der Waals surface area contributed by atoms with Gasteiger partial charge in [-0.25, -0.2) is 4.39 Å². The van der Waals surface area contributed by atoms with Crippen LogP contribution in [0, 0.1) is 12.7 Å². The molecule has 0 bridgehead atoms. The summed E-state index contributed by atoms with van der Waals surface area (Å²) in [6, 6.07) is 10.1. The molecule has 1 atom stereocenters. The standard InChI is InChI=1S/C16H17ClFNO/c1-10-6-7-16(13(17)8-10)20-15-5-3-4-14(18)12(15)9-11(2)19/h3-8,11H,9,19H2,1-2H3. The van der Waals surface area contributed by atoms with Crippen molar-refractivity contribution in [2.24, 2.45) is 5.73 Å². The van der Waals surface area contributed by atoms with Crippen molar-refractivity contribution in [1.29, 1.82) is 0 Å². The highest BCUT2D eigenvalue weighted by molar-refractivity contribution is 6.32. The molecule has 0 spiro atoms. The molecule has 0 radical (unpaired) electrons. The summed E-state index contributed by atoms with van der Waals surface area (Å²) in [5.74, 6) is 0.643. The molecule has 0 fully saturated rings. The summed E-state index contributed by atoms with van der Waals surface area (Å²) in [5, 5.41) is 0.501. The number of halogens is 2. The van der Waals surface area contributed by atoms with E-state index in [1.54, 1.807) is 24.3 Å². The van der Waals surface area contributed by atoms with Gasteiger partial charge in [-0.3, -0.25) is 0 Å². The van der Waals surface area contributed by atoms with Gasteiger partial charge >= 0.3 is 0 Å². The van der Waals surface area contributed by atoms with Crippen LogP contribution in [0.3, 0.4) is 0 Å². The minimum Gasteiger partial charge on any atom is -0.455 e. The summed E-state index contributed by atoms with van der Waals surface area (Å²) >= 11 is 6.13. The fourth-order valence-electron chi connectivity index (χ4n) is 1.96. The number of benzene rings is 2. The van der Waals surface area contributed by atoms with E-state index in [2.05, 4.69) is 0 Å². The van der Waals surface area contributed by atoms with E-state index < -0.39 is 0 Å². The second-order valence-corrected chi connectivity index (χ2v) is 5.34. The highest BCUT2D eigenvalue weighted by Gasteiger charge is 2.13. The van der Waals surface area contributed by atoms with Crippen molar-refractivity contribution in [3.05, 3.63) is 58.4 Å². The third-order valence-electron chi connectivity index (χ3n) is 2.91. The zero-order chi connectivity index (χ0) is 14.7. The maximum Gasteiger partial charge on any atom is 0.146 e. The molecule has 4 heteroatoms. The molecule has 0 amide bonds. The van der Waals surface area contributed by atoms with Gasteiger partial charge in [-0.2, -0.15) is 0 Å². The maximum absolute atomic E-state index is 13.9. The number of hydrogen-bond donors (Lipinski definition) is 1. The van der Waals surface area contributed by atoms with Crippen molar-refractivity contribution in [3.63, 3.8) is 0 Å². The summed E-state index contributed by atoms with van der Waals surface area (Å²) in [4.78, 5) is 0. The molecule has 0 aliphatic rings. The van der Waals surface area contributed by atoms with Crippen LogP contribution in [-0.4, -0.2) is 6.04 Å². The Kier molecular flexibility index (Phi) is 4.63. The van der Waals surface area contributed by atoms with Crippen molar-refractivity contribution >= 4 is 11.6 Å². The topological polar surface area (TPSA) is 35.2 Å². The molecule has 2 rings (SSSR count). The molecular weight excluding hydrogens is 277 g/mol. The largest absolute Gasteiger partial charge is 0.455 e. The van der Waals surface area contributed by atoms with E-state index in [9.17, 15) is 4.39 Å². The Labute approximate surface area is 123 Å². The normalized spacial score (nSPS) is 12.2. The van der Waals surface area contributed by atoms with Gasteiger partial charge in [-0.1, -0.05) is 23.7 Å². The van der Waals surface area contributed by atoms with Crippen LogP contribution < -0.4 is 10.5 Å². The monoisotopic (exact) mass is 293 g/mol. The first-order chi connectivity index (χ1) is 9.47. The van der Waals surface area contributed by atoms with E-state index in [-0.39, 0.29) is 11.9 Å². The van der Waals surface area contributed by atoms with Crippen LogP contribution in [0.5, 0.6) is 11.5 Å². The smallest absolute Gasteiger partial charge is 0.146 e. The second kappa shape index (κ2) is 6.25. The molecule has 2 aromatic carbocycles. The molecular formula is C16H17ClFNO. The van der Waals surface area contributed by atoms with E-state index in [4.69, 9.17) is 22.1 Å². The molecule has 0 saturated carbocycles. The zero-order valence-electron chi connectivity index (χ0n) is 11.5. The number of rotatable bonds is 4. The molecule has 0 aromatic heterocycles. The van der Waals surface area contributed by atoms with Crippen LogP contribution in [0.1, 0.15) is 18.1 Å². The highest BCUT2D eigenvalue weighted by atomic mass is 35.5. The van der Waals surface area contributed by atoms with Crippen molar-refractivity contribution in [1.82, 2.24) is 0 Å². The van der Waals surface area contributed by atoms with Crippen LogP contribution in [0.2, 0.25) is 5.02 Å². The molecule has 1 unspecified atom stereocenters. The lowest BCUT2D eigenvalue weighted by Gasteiger charge is -2.14. The number of hydrogen-bond acceptors (Lipinski definition) is 2. The van der Waals surface area contributed by atoms with Gasteiger partial charge in [-0.05, 0) is 50.1 Å². The van der Waals surface area contributed by atoms with Crippen molar-refractivity contribution < 1.29 is 9.13 Å². The van der Waals surface area contributed by atoms with Crippen LogP contribution in [-0.2, 0) is 6.42 Å². The lowest BCUT2D eigenvalue weighted by atomic mass is 10.1. The number of nitrogens with two attached hydrogens (primary N) is 1. The second-order valence-electron chi connectivity index (χ2n) is 4.93. The van der Waals surface area contributed by atoms with Crippen LogP contribution >= 0.6 is 11.6 Å². The fraction of sp³-hybridized carbons (Fsp3) is 0.250. The van der Waals surface area contributed by atoms with E-state index in [0.717, 1.165) is 5.56 Å². The average molecular weight is 294 g/mol. The SMILES string of the molecule is Cc1ccc(Oc2cccc(F)c2CC(C)N)c(Cl)c1. The Morgan fingerprint density at radius 3 is 2.65 bits per heavy atom. The van der Waals surface area contributed by atoms with Crippen molar-refractivity contribution in [2.75, 3.05) is 0 Å². The van der Waals surface area contributed by atoms with E-state index in [0.29, 0.717) is 28.5 Å². The van der Waals surface area contributed by atoms with E-state index in [1.807, 2.05) is 19.9 Å². The van der Waals surface area contributed by atoms with Gasteiger partial charge in [0.25, 0.3) is 0 Å². The van der Waals surface area contributed by atoms with Gasteiger partial charge in [0.1, 0.15) is 17.3 Å². The molecule has 0 heterocycles. The quantitative estimate of drug-likeness (QED) is 0.902. The lowest BCUT2D eigenvalue weighted by molar-refractivity contribution is 0.463. The molecule has 0 saturated heterocycles. The van der Waals surface area contributed by atoms with Gasteiger partial charge < -0.3 is 10.5 Å². The van der Waals surface area contributed by atoms with Gasteiger partial charge in [0.15, 0.2) is 0 Å². The zero-order valence-corrected chi connectivity index (χ0v) is 12.2. The Balaban J connectivity index is 2.35. The Hall–Kier alpha value is -1.58. The predicted molar refractivity (Wildman–Crippen MR) is 80.0 cm³/mol. The summed E-state index contributed by atoms with van der Waals surface area (Å²) in [5.41, 5.74) is 7.27. The molecule has 20 heavy (non-hydrogen) atoms. The lowest BCUT2D eigenvalue weighted by Crippen LogP contribution is -2.19. The molecule has 2 aromatic rings. The number of ether oxygens (including phenoxy) is 1. The average Bonchev–Trinajstić information content (AvgIpc) is 2.36. The Bertz CT molecular complexity index is 613. The summed E-state index contributed by atoms with van der Waals surface area (Å²) in [6.45, 7) is 3.77. The van der Waals surface area contributed by atoms with Crippen LogP contribution in [0.4, 0.5) is 4.39 Å². The van der Waals surface area contributed by atoms with E-state index >= 15 is 0 Å². The third-order valence-corrected chi connectivity index (χ3v) is 3.20. The molecule has 0 aliphatic heterocycles. The summed E-state index contributed by atoms with van der Waals surface area (Å²) < 4.78 is 19.7. The minimum atomic E-state index is -0.317.